The largest absolute Gasteiger partial charge is 0.487 e. The minimum atomic E-state index is -0.587. The van der Waals surface area contributed by atoms with Crippen LogP contribution in [-0.4, -0.2) is 59.8 Å². The highest BCUT2D eigenvalue weighted by atomic mass is 16.5. The van der Waals surface area contributed by atoms with E-state index in [1.54, 1.807) is 0 Å². The fourth-order valence-electron chi connectivity index (χ4n) is 2.91. The average molecular weight is 421 g/mol. The molecule has 0 fully saturated rings. The smallest absolute Gasteiger partial charge is 0.161 e. The molecule has 0 aromatic heterocycles. The molecule has 0 bridgehead atoms. The minimum absolute atomic E-state index is 0.0540. The van der Waals surface area contributed by atoms with Crippen molar-refractivity contribution in [3.63, 3.8) is 0 Å². The summed E-state index contributed by atoms with van der Waals surface area (Å²) in [7, 11) is 0. The van der Waals surface area contributed by atoms with E-state index in [0.717, 1.165) is 10.8 Å². The highest BCUT2D eigenvalue weighted by molar-refractivity contribution is 5.86. The molecule has 0 saturated heterocycles. The van der Waals surface area contributed by atoms with Crippen molar-refractivity contribution < 1.29 is 30.3 Å². The van der Waals surface area contributed by atoms with E-state index >= 15 is 0 Å². The van der Waals surface area contributed by atoms with Crippen LogP contribution in [0.5, 0.6) is 11.5 Å². The van der Waals surface area contributed by atoms with E-state index in [1.165, 1.54) is 0 Å². The summed E-state index contributed by atoms with van der Waals surface area (Å²) in [5.74, 6) is 1.16. The first-order valence-corrected chi connectivity index (χ1v) is 10.8. The zero-order valence-electron chi connectivity index (χ0n) is 19.3. The van der Waals surface area contributed by atoms with Gasteiger partial charge in [-0.3, -0.25) is 0 Å². The molecular weight excluding hydrogens is 380 g/mol. The van der Waals surface area contributed by atoms with Gasteiger partial charge in [0.05, 0.1) is 11.1 Å². The number of aliphatic hydroxyl groups excluding tert-OH is 2. The number of quaternary nitrogens is 2. The molecule has 0 aliphatic rings. The SMILES string of the molecule is CC(C)(C)[NH2+]C[C@@H](O)COc1cc2ccccc2cc1OC[C@H](O)C[NH2+]C(C)(C)C. The van der Waals surface area contributed by atoms with E-state index in [2.05, 4.69) is 52.2 Å². The van der Waals surface area contributed by atoms with Crippen LogP contribution in [0.15, 0.2) is 36.4 Å². The lowest BCUT2D eigenvalue weighted by Gasteiger charge is -2.21. The molecule has 0 saturated carbocycles. The fraction of sp³-hybridized carbons (Fsp3) is 0.583. The summed E-state index contributed by atoms with van der Waals surface area (Å²) in [6.07, 6.45) is -1.17. The Balaban J connectivity index is 2.05. The van der Waals surface area contributed by atoms with Crippen molar-refractivity contribution in [1.29, 1.82) is 0 Å². The van der Waals surface area contributed by atoms with E-state index in [4.69, 9.17) is 9.47 Å². The van der Waals surface area contributed by atoms with Crippen LogP contribution < -0.4 is 20.1 Å². The van der Waals surface area contributed by atoms with Crippen molar-refractivity contribution in [2.45, 2.75) is 64.8 Å². The fourth-order valence-corrected chi connectivity index (χ4v) is 2.91. The molecule has 0 radical (unpaired) electrons. The molecule has 6 heteroatoms. The molecule has 0 spiro atoms. The van der Waals surface area contributed by atoms with E-state index in [0.29, 0.717) is 24.6 Å². The van der Waals surface area contributed by atoms with Crippen LogP contribution in [0.25, 0.3) is 10.8 Å². The number of aliphatic hydroxyl groups is 2. The second-order valence-corrected chi connectivity index (χ2v) is 10.2. The third kappa shape index (κ3) is 8.88. The first-order chi connectivity index (χ1) is 13.9. The first-order valence-electron chi connectivity index (χ1n) is 10.8. The molecule has 2 rings (SSSR count). The normalized spacial score (nSPS) is 14.5. The van der Waals surface area contributed by atoms with Gasteiger partial charge >= 0.3 is 0 Å². The summed E-state index contributed by atoms with van der Waals surface area (Å²) < 4.78 is 11.9. The number of hydrogen-bond acceptors (Lipinski definition) is 4. The summed E-state index contributed by atoms with van der Waals surface area (Å²) in [4.78, 5) is 0. The maximum Gasteiger partial charge on any atom is 0.161 e. The monoisotopic (exact) mass is 420 g/mol. The Kier molecular flexibility index (Phi) is 8.50. The van der Waals surface area contributed by atoms with Gasteiger partial charge in [-0.05, 0) is 64.4 Å². The van der Waals surface area contributed by atoms with Gasteiger partial charge < -0.3 is 30.3 Å². The number of hydrogen-bond donors (Lipinski definition) is 4. The van der Waals surface area contributed by atoms with Crippen LogP contribution in [0.4, 0.5) is 0 Å². The maximum absolute atomic E-state index is 10.3. The predicted molar refractivity (Wildman–Crippen MR) is 120 cm³/mol. The van der Waals surface area contributed by atoms with Gasteiger partial charge in [-0.2, -0.15) is 0 Å². The molecule has 0 heterocycles. The summed E-state index contributed by atoms with van der Waals surface area (Å²) in [6.45, 7) is 14.1. The molecule has 2 atom stereocenters. The second-order valence-electron chi connectivity index (χ2n) is 10.2. The Labute approximate surface area is 180 Å². The molecule has 30 heavy (non-hydrogen) atoms. The Hall–Kier alpha value is -1.86. The summed E-state index contributed by atoms with van der Waals surface area (Å²) in [6, 6.07) is 11.8. The van der Waals surface area contributed by atoms with Gasteiger partial charge in [-0.15, -0.1) is 0 Å². The van der Waals surface area contributed by atoms with E-state index in [-0.39, 0.29) is 24.3 Å². The van der Waals surface area contributed by atoms with Gasteiger partial charge in [-0.1, -0.05) is 24.3 Å². The molecule has 6 nitrogen and oxygen atoms in total. The third-order valence-electron chi connectivity index (χ3n) is 4.68. The van der Waals surface area contributed by atoms with Gasteiger partial charge in [0.2, 0.25) is 0 Å². The summed E-state index contributed by atoms with van der Waals surface area (Å²) >= 11 is 0. The van der Waals surface area contributed by atoms with Crippen molar-refractivity contribution in [3.8, 4) is 11.5 Å². The van der Waals surface area contributed by atoms with Gasteiger partial charge in [0.15, 0.2) is 11.5 Å². The lowest BCUT2D eigenvalue weighted by molar-refractivity contribution is -0.722. The number of benzene rings is 2. The van der Waals surface area contributed by atoms with Crippen LogP contribution in [0.2, 0.25) is 0 Å². The third-order valence-corrected chi connectivity index (χ3v) is 4.68. The lowest BCUT2D eigenvalue weighted by Crippen LogP contribution is -2.96. The molecule has 0 unspecified atom stereocenters. The summed E-state index contributed by atoms with van der Waals surface area (Å²) in [5.41, 5.74) is 0.108. The molecule has 0 aliphatic carbocycles. The number of ether oxygens (including phenoxy) is 2. The zero-order valence-corrected chi connectivity index (χ0v) is 19.3. The van der Waals surface area contributed by atoms with E-state index < -0.39 is 12.2 Å². The Morgan fingerprint density at radius 2 is 1.10 bits per heavy atom. The molecule has 0 amide bonds. The second kappa shape index (κ2) is 10.4. The summed E-state index contributed by atoms with van der Waals surface area (Å²) in [5, 5.41) is 26.9. The maximum atomic E-state index is 10.3. The number of rotatable bonds is 10. The highest BCUT2D eigenvalue weighted by Gasteiger charge is 2.19. The highest BCUT2D eigenvalue weighted by Crippen LogP contribution is 2.32. The first kappa shape index (κ1) is 24.4. The quantitative estimate of drug-likeness (QED) is 0.462. The lowest BCUT2D eigenvalue weighted by atomic mass is 10.1. The van der Waals surface area contributed by atoms with E-state index in [9.17, 15) is 10.2 Å². The van der Waals surface area contributed by atoms with Crippen molar-refractivity contribution in [2.75, 3.05) is 26.3 Å². The molecule has 2 aromatic carbocycles. The van der Waals surface area contributed by atoms with Crippen molar-refractivity contribution >= 4 is 10.8 Å². The van der Waals surface area contributed by atoms with Crippen LogP contribution in [0, 0.1) is 0 Å². The zero-order chi connectivity index (χ0) is 22.4. The topological polar surface area (TPSA) is 92.1 Å². The Morgan fingerprint density at radius 3 is 1.43 bits per heavy atom. The Bertz CT molecular complexity index is 729. The number of nitrogens with two attached hydrogens (primary N) is 2. The van der Waals surface area contributed by atoms with Crippen LogP contribution >= 0.6 is 0 Å². The Morgan fingerprint density at radius 1 is 0.733 bits per heavy atom. The van der Waals surface area contributed by atoms with Gasteiger partial charge in [-0.25, -0.2) is 0 Å². The van der Waals surface area contributed by atoms with Crippen molar-refractivity contribution in [3.05, 3.63) is 36.4 Å². The minimum Gasteiger partial charge on any atom is -0.487 e. The standard InChI is InChI=1S/C24H38N2O4/c1-23(2,3)25-13-19(27)15-29-21-11-17-9-7-8-10-18(17)12-22(21)30-16-20(28)14-26-24(4,5)6/h7-12,19-20,25-28H,13-16H2,1-6H3/p+2/t19-,20-/m1/s1. The molecule has 6 N–H and O–H groups in total. The van der Waals surface area contributed by atoms with Gasteiger partial charge in [0.1, 0.15) is 38.5 Å². The van der Waals surface area contributed by atoms with Crippen LogP contribution in [0.1, 0.15) is 41.5 Å². The van der Waals surface area contributed by atoms with Crippen LogP contribution in [0.3, 0.4) is 0 Å². The van der Waals surface area contributed by atoms with Gasteiger partial charge in [0.25, 0.3) is 0 Å². The molecule has 0 aliphatic heterocycles. The number of fused-ring (bicyclic) bond motifs is 1. The molecule has 2 aromatic rings. The molecule has 168 valence electrons. The van der Waals surface area contributed by atoms with Crippen molar-refractivity contribution in [2.24, 2.45) is 0 Å². The van der Waals surface area contributed by atoms with Crippen LogP contribution in [-0.2, 0) is 0 Å². The van der Waals surface area contributed by atoms with Gasteiger partial charge in [0, 0.05) is 0 Å². The van der Waals surface area contributed by atoms with E-state index in [1.807, 2.05) is 36.4 Å². The molecular formula is C24H40N2O4+2. The predicted octanol–water partition coefficient (Wildman–Crippen LogP) is 1.04. The average Bonchev–Trinajstić information content (AvgIpc) is 2.66. The van der Waals surface area contributed by atoms with Crippen molar-refractivity contribution in [1.82, 2.24) is 0 Å².